The van der Waals surface area contributed by atoms with Gasteiger partial charge in [-0.3, -0.25) is 0 Å². The van der Waals surface area contributed by atoms with Crippen LogP contribution in [0, 0.1) is 11.6 Å². The predicted octanol–water partition coefficient (Wildman–Crippen LogP) is 0.936. The minimum absolute atomic E-state index is 0.782. The van der Waals surface area contributed by atoms with Crippen LogP contribution in [0.3, 0.4) is 0 Å². The maximum absolute atomic E-state index is 12.6. The summed E-state index contributed by atoms with van der Waals surface area (Å²) < 4.78 is 46.1. The molecule has 0 saturated carbocycles. The van der Waals surface area contributed by atoms with Gasteiger partial charge in [-0.1, -0.05) is 6.07 Å². The van der Waals surface area contributed by atoms with Crippen molar-refractivity contribution in [3.05, 3.63) is 29.8 Å². The van der Waals surface area contributed by atoms with Crippen molar-refractivity contribution in [3.63, 3.8) is 0 Å². The molecule has 1 N–H and O–H groups in total. The molecule has 1 radical (unpaired) electrons. The Morgan fingerprint density at radius 1 is 1.17 bits per heavy atom. The first-order chi connectivity index (χ1) is 5.43. The second kappa shape index (κ2) is 2.80. The van der Waals surface area contributed by atoms with E-state index in [1.54, 1.807) is 0 Å². The molecule has 12 heavy (non-hydrogen) atoms. The summed E-state index contributed by atoms with van der Waals surface area (Å²) in [4.78, 5) is -1.20. The van der Waals surface area contributed by atoms with E-state index in [1.165, 1.54) is 0 Å². The van der Waals surface area contributed by atoms with Crippen LogP contribution in [0.15, 0.2) is 23.1 Å². The number of halogens is 2. The van der Waals surface area contributed by atoms with Crippen molar-refractivity contribution in [2.24, 2.45) is 0 Å². The van der Waals surface area contributed by atoms with E-state index in [-0.39, 0.29) is 0 Å². The highest BCUT2D eigenvalue weighted by atomic mass is 32.2. The van der Waals surface area contributed by atoms with Crippen molar-refractivity contribution in [2.45, 2.75) is 4.90 Å². The van der Waals surface area contributed by atoms with E-state index >= 15 is 0 Å². The lowest BCUT2D eigenvalue weighted by Gasteiger charge is -1.99. The van der Waals surface area contributed by atoms with Crippen LogP contribution in [0.2, 0.25) is 0 Å². The second-order valence-electron chi connectivity index (χ2n) is 2.05. The van der Waals surface area contributed by atoms with Crippen LogP contribution in [0.4, 0.5) is 8.78 Å². The van der Waals surface area contributed by atoms with Gasteiger partial charge in [-0.15, -0.1) is 5.14 Å². The van der Waals surface area contributed by atoms with Gasteiger partial charge < -0.3 is 0 Å². The molecule has 1 aromatic carbocycles. The largest absolute Gasteiger partial charge is 0.259 e. The number of benzene rings is 1. The molecule has 0 atom stereocenters. The summed E-state index contributed by atoms with van der Waals surface area (Å²) in [7, 11) is -4.56. The van der Waals surface area contributed by atoms with Crippen molar-refractivity contribution in [2.75, 3.05) is 0 Å². The van der Waals surface area contributed by atoms with Gasteiger partial charge in [0, 0.05) is 0 Å². The summed E-state index contributed by atoms with van der Waals surface area (Å²) in [5, 5.41) is 6.45. The van der Waals surface area contributed by atoms with Gasteiger partial charge >= 0.3 is 0 Å². The average Bonchev–Trinajstić information content (AvgIpc) is 1.82. The van der Waals surface area contributed by atoms with Gasteiger partial charge in [0.2, 0.25) is 0 Å². The smallest absolute Gasteiger partial charge is 0.206 e. The molecule has 0 saturated heterocycles. The number of sulfonamides is 1. The molecule has 0 aliphatic heterocycles. The molecule has 0 fully saturated rings. The third-order valence-corrected chi connectivity index (χ3v) is 2.12. The molecule has 1 aromatic rings. The predicted molar refractivity (Wildman–Crippen MR) is 36.6 cm³/mol. The van der Waals surface area contributed by atoms with Crippen LogP contribution >= 0.6 is 0 Å². The summed E-state index contributed by atoms with van der Waals surface area (Å²) in [5.74, 6) is -2.49. The summed E-state index contributed by atoms with van der Waals surface area (Å²) >= 11 is 0. The molecule has 0 aliphatic rings. The molecular weight excluding hydrogens is 188 g/mol. The molecule has 1 rings (SSSR count). The van der Waals surface area contributed by atoms with Crippen LogP contribution in [-0.4, -0.2) is 8.42 Å². The normalized spacial score (nSPS) is 11.6. The number of nitrogens with one attached hydrogen (secondary N) is 1. The summed E-state index contributed by atoms with van der Waals surface area (Å²) in [6.07, 6.45) is 0. The fraction of sp³-hybridized carbons (Fsp3) is 0. The van der Waals surface area contributed by atoms with E-state index in [0.717, 1.165) is 18.2 Å². The topological polar surface area (TPSA) is 57.9 Å². The molecule has 0 heterocycles. The number of hydrogen-bond donors (Lipinski definition) is 0. The minimum Gasteiger partial charge on any atom is -0.206 e. The number of hydrogen-bond acceptors (Lipinski definition) is 2. The lowest BCUT2D eigenvalue weighted by atomic mass is 10.3. The van der Waals surface area contributed by atoms with Crippen molar-refractivity contribution in [3.8, 4) is 0 Å². The Labute approximate surface area is 67.9 Å². The van der Waals surface area contributed by atoms with E-state index in [0.29, 0.717) is 0 Å². The maximum Gasteiger partial charge on any atom is 0.259 e. The van der Waals surface area contributed by atoms with Gasteiger partial charge in [0.05, 0.1) is 0 Å². The van der Waals surface area contributed by atoms with E-state index in [4.69, 9.17) is 5.14 Å². The van der Waals surface area contributed by atoms with Crippen molar-refractivity contribution in [1.29, 1.82) is 0 Å². The molecule has 0 aliphatic carbocycles. The van der Waals surface area contributed by atoms with Gasteiger partial charge in [0.15, 0.2) is 4.90 Å². The van der Waals surface area contributed by atoms with Gasteiger partial charge in [-0.05, 0) is 12.1 Å². The van der Waals surface area contributed by atoms with E-state index in [9.17, 15) is 17.2 Å². The Morgan fingerprint density at radius 2 is 1.58 bits per heavy atom. The fourth-order valence-corrected chi connectivity index (χ4v) is 1.39. The van der Waals surface area contributed by atoms with Crippen LogP contribution in [0.5, 0.6) is 0 Å². The monoisotopic (exact) mass is 192 g/mol. The van der Waals surface area contributed by atoms with Crippen LogP contribution < -0.4 is 5.14 Å². The zero-order valence-corrected chi connectivity index (χ0v) is 6.53. The van der Waals surface area contributed by atoms with Gasteiger partial charge in [-0.25, -0.2) is 17.2 Å². The lowest BCUT2D eigenvalue weighted by Crippen LogP contribution is -2.06. The standard InChI is InChI=1S/C6H4F2NO2S/c7-4-2-1-3-5(8)6(4)12(9,10)11/h1-3,9H. The molecule has 0 unspecified atom stereocenters. The minimum atomic E-state index is -4.56. The van der Waals surface area contributed by atoms with E-state index in [1.807, 2.05) is 0 Å². The van der Waals surface area contributed by atoms with Crippen LogP contribution in [-0.2, 0) is 10.0 Å². The highest BCUT2D eigenvalue weighted by Gasteiger charge is 2.19. The Hall–Kier alpha value is -1.01. The quantitative estimate of drug-likeness (QED) is 0.664. The van der Waals surface area contributed by atoms with E-state index in [2.05, 4.69) is 0 Å². The average molecular weight is 192 g/mol. The summed E-state index contributed by atoms with van der Waals surface area (Å²) in [5.41, 5.74) is 0. The zero-order chi connectivity index (χ0) is 9.35. The lowest BCUT2D eigenvalue weighted by molar-refractivity contribution is 0.519. The molecule has 0 aromatic heterocycles. The molecule has 6 heteroatoms. The summed E-state index contributed by atoms with van der Waals surface area (Å²) in [6, 6.07) is 2.59. The molecule has 0 bridgehead atoms. The zero-order valence-electron chi connectivity index (χ0n) is 5.71. The second-order valence-corrected chi connectivity index (χ2v) is 3.47. The Balaban J connectivity index is 3.53. The van der Waals surface area contributed by atoms with Crippen molar-refractivity contribution < 1.29 is 17.2 Å². The van der Waals surface area contributed by atoms with E-state index < -0.39 is 26.6 Å². The Morgan fingerprint density at radius 3 is 1.83 bits per heavy atom. The third kappa shape index (κ3) is 1.59. The first-order valence-electron chi connectivity index (χ1n) is 2.86. The molecular formula is C6H4F2NO2S. The first-order valence-corrected chi connectivity index (χ1v) is 4.35. The Kier molecular flexibility index (Phi) is 2.12. The molecule has 0 spiro atoms. The van der Waals surface area contributed by atoms with Gasteiger partial charge in [0.1, 0.15) is 11.6 Å². The summed E-state index contributed by atoms with van der Waals surface area (Å²) in [6.45, 7) is 0. The Bertz CT molecular complexity index is 382. The fourth-order valence-electron chi connectivity index (χ4n) is 0.739. The molecule has 3 nitrogen and oxygen atoms in total. The highest BCUT2D eigenvalue weighted by molar-refractivity contribution is 7.88. The van der Waals surface area contributed by atoms with Crippen molar-refractivity contribution >= 4 is 10.0 Å². The van der Waals surface area contributed by atoms with Crippen molar-refractivity contribution in [1.82, 2.24) is 5.14 Å². The molecule has 65 valence electrons. The van der Waals surface area contributed by atoms with Crippen LogP contribution in [0.1, 0.15) is 0 Å². The third-order valence-electron chi connectivity index (χ3n) is 1.19. The van der Waals surface area contributed by atoms with Gasteiger partial charge in [0.25, 0.3) is 10.0 Å². The molecule has 0 amide bonds. The number of rotatable bonds is 1. The first kappa shape index (κ1) is 9.08. The van der Waals surface area contributed by atoms with Gasteiger partial charge in [-0.2, -0.15) is 0 Å². The highest BCUT2D eigenvalue weighted by Crippen LogP contribution is 2.16. The van der Waals surface area contributed by atoms with Crippen LogP contribution in [0.25, 0.3) is 0 Å². The SMILES string of the molecule is [NH]S(=O)(=O)c1c(F)cccc1F. The maximum atomic E-state index is 12.6.